The zero-order valence-corrected chi connectivity index (χ0v) is 44.6. The third kappa shape index (κ3) is 13.4. The number of aliphatic hydroxyl groups excluding tert-OH is 5. The van der Waals surface area contributed by atoms with Crippen molar-refractivity contribution in [2.45, 2.75) is 204 Å². The van der Waals surface area contributed by atoms with E-state index in [4.69, 9.17) is 23.7 Å². The Morgan fingerprint density at radius 2 is 1.67 bits per heavy atom. The first kappa shape index (κ1) is 59.6. The van der Waals surface area contributed by atoms with Crippen LogP contribution in [0.25, 0.3) is 0 Å². The second kappa shape index (κ2) is 24.6. The predicted molar refractivity (Wildman–Crippen MR) is 264 cm³/mol. The molecule has 21 heteroatoms. The zero-order valence-electron chi connectivity index (χ0n) is 44.6. The summed E-state index contributed by atoms with van der Waals surface area (Å²) in [7, 11) is 5.24. The number of hydrogen-bond donors (Lipinski definition) is 7. The van der Waals surface area contributed by atoms with Gasteiger partial charge in [0.2, 0.25) is 0 Å². The molecule has 20 atom stereocenters. The fourth-order valence-corrected chi connectivity index (χ4v) is 11.8. The fourth-order valence-electron chi connectivity index (χ4n) is 11.8. The van der Waals surface area contributed by atoms with E-state index in [1.807, 2.05) is 44.7 Å². The van der Waals surface area contributed by atoms with E-state index in [2.05, 4.69) is 10.3 Å². The highest BCUT2D eigenvalue weighted by Crippen LogP contribution is 2.45. The van der Waals surface area contributed by atoms with E-state index < -0.39 is 125 Å². The molecule has 410 valence electrons. The molecule has 0 radical (unpaired) electrons. The van der Waals surface area contributed by atoms with Crippen molar-refractivity contribution in [3.8, 4) is 0 Å². The summed E-state index contributed by atoms with van der Waals surface area (Å²) in [5, 5.41) is 101. The Morgan fingerprint density at radius 3 is 2.26 bits per heavy atom. The lowest BCUT2D eigenvalue weighted by molar-refractivity contribution is -0.384. The van der Waals surface area contributed by atoms with Gasteiger partial charge in [-0.2, -0.15) is 0 Å². The molecule has 3 aliphatic rings. The van der Waals surface area contributed by atoms with Gasteiger partial charge in [0.05, 0.1) is 58.8 Å². The molecule has 0 bridgehead atoms. The number of nitrogens with zero attached hydrogens (tertiary/aromatic N) is 6. The molecule has 0 amide bonds. The van der Waals surface area contributed by atoms with Gasteiger partial charge in [-0.05, 0) is 124 Å². The molecule has 3 fully saturated rings. The van der Waals surface area contributed by atoms with E-state index >= 15 is 0 Å². The van der Waals surface area contributed by atoms with Crippen molar-refractivity contribution < 1.29 is 69.1 Å². The summed E-state index contributed by atoms with van der Waals surface area (Å²) in [6.07, 6.45) is -6.29. The highest BCUT2D eigenvalue weighted by molar-refractivity contribution is 5.73. The van der Waals surface area contributed by atoms with Gasteiger partial charge in [0, 0.05) is 56.4 Å². The number of aryl methyl sites for hydroxylation is 1. The normalized spacial score (nSPS) is 40.0. The van der Waals surface area contributed by atoms with Crippen LogP contribution in [0.3, 0.4) is 0 Å². The van der Waals surface area contributed by atoms with Gasteiger partial charge in [-0.1, -0.05) is 32.9 Å². The fraction of sp³-hybridized carbons (Fsp3) is 0.824. The number of nitro groups is 1. The number of non-ortho nitro benzene ring substituents is 1. The second-order valence-corrected chi connectivity index (χ2v) is 22.1. The number of nitro benzene ring substituents is 1. The van der Waals surface area contributed by atoms with Crippen LogP contribution >= 0.6 is 0 Å². The molecule has 3 saturated heterocycles. The number of aliphatic hydroxyl groups is 7. The Balaban J connectivity index is 1.42. The number of ether oxygens (including phenoxy) is 5. The first-order valence-electron chi connectivity index (χ1n) is 25.7. The van der Waals surface area contributed by atoms with Gasteiger partial charge in [0.1, 0.15) is 42.2 Å². The number of benzene rings is 1. The average Bonchev–Trinajstić information content (AvgIpc) is 3.79. The van der Waals surface area contributed by atoms with Crippen molar-refractivity contribution in [1.29, 1.82) is 0 Å². The monoisotopic (exact) mass is 1020 g/mol. The predicted octanol–water partition coefficient (Wildman–Crippen LogP) is 2.94. The molecule has 7 N–H and O–H groups in total. The summed E-state index contributed by atoms with van der Waals surface area (Å²) in [5.41, 5.74) is -3.69. The molecule has 3 aliphatic heterocycles. The number of likely N-dealkylation sites (N-methyl/N-ethyl adjacent to an activating group) is 2. The van der Waals surface area contributed by atoms with Crippen LogP contribution in [0.2, 0.25) is 0 Å². The van der Waals surface area contributed by atoms with Crippen LogP contribution in [0.4, 0.5) is 5.69 Å². The summed E-state index contributed by atoms with van der Waals surface area (Å²) in [6.45, 7) is 18.2. The Morgan fingerprint density at radius 1 is 1.01 bits per heavy atom. The number of hydrogen-bond acceptors (Lipinski definition) is 19. The first-order valence-corrected chi connectivity index (χ1v) is 25.7. The van der Waals surface area contributed by atoms with Crippen LogP contribution in [0, 0.1) is 33.8 Å². The molecule has 2 aromatic rings. The summed E-state index contributed by atoms with van der Waals surface area (Å²) in [4.78, 5) is 29.1. The van der Waals surface area contributed by atoms with E-state index in [9.17, 15) is 50.7 Å². The Kier molecular flexibility index (Phi) is 20.3. The lowest BCUT2D eigenvalue weighted by atomic mass is 9.68. The molecular weight excluding hydrogens is 937 g/mol. The maximum absolute atomic E-state index is 14.6. The molecule has 1 aromatic carbocycles. The summed E-state index contributed by atoms with van der Waals surface area (Å²) in [6, 6.07) is 3.50. The van der Waals surface area contributed by atoms with Gasteiger partial charge >= 0.3 is 5.97 Å². The maximum Gasteiger partial charge on any atom is 0.309 e. The minimum Gasteiger partial charge on any atom is -0.459 e. The molecular formula is C51H86N6O15. The summed E-state index contributed by atoms with van der Waals surface area (Å²) < 4.78 is 33.5. The third-order valence-corrected chi connectivity index (χ3v) is 16.3. The minimum atomic E-state index is -1.84. The Bertz CT molecular complexity index is 2050. The summed E-state index contributed by atoms with van der Waals surface area (Å²) >= 11 is 0. The minimum absolute atomic E-state index is 0.124. The molecule has 1 unspecified atom stereocenters. The van der Waals surface area contributed by atoms with Crippen molar-refractivity contribution >= 4 is 11.7 Å². The van der Waals surface area contributed by atoms with Gasteiger partial charge in [-0.3, -0.25) is 14.9 Å². The number of rotatable bonds is 15. The molecule has 5 rings (SSSR count). The SMILES string of the molecule is CC[C@H]1OC(=O)[C@H](C)C([C@H]2C[C@@](C)(OC)[C@@H](O)[C@H](C)O2)[C@H](C)[C@@H](O[C@@H]2O[C@H](C)C[C@H](N(C)CCCc3cn([C@H](CO)[C@H](O)c4ccc([N+](=O)[O-])cc4)nn3)[C@H]2O)[C@](C)(O)C[C@@H](C)CN(C)[C@H](C)[C@@H](O)[C@]1(C)O. The first-order chi connectivity index (χ1) is 33.6. The van der Waals surface area contributed by atoms with Gasteiger partial charge < -0.3 is 69.2 Å². The highest BCUT2D eigenvalue weighted by atomic mass is 16.7. The van der Waals surface area contributed by atoms with Gasteiger partial charge in [0.15, 0.2) is 6.29 Å². The molecule has 0 saturated carbocycles. The third-order valence-electron chi connectivity index (χ3n) is 16.3. The Labute approximate surface area is 424 Å². The summed E-state index contributed by atoms with van der Waals surface area (Å²) in [5.74, 6) is -3.29. The van der Waals surface area contributed by atoms with E-state index in [1.165, 1.54) is 43.0 Å². The van der Waals surface area contributed by atoms with E-state index in [-0.39, 0.29) is 37.0 Å². The van der Waals surface area contributed by atoms with Crippen LogP contribution in [0.15, 0.2) is 30.5 Å². The molecule has 72 heavy (non-hydrogen) atoms. The number of cyclic esters (lactones) is 1. The smallest absolute Gasteiger partial charge is 0.309 e. The molecule has 4 heterocycles. The van der Waals surface area contributed by atoms with Crippen molar-refractivity contribution in [2.24, 2.45) is 23.7 Å². The van der Waals surface area contributed by atoms with Gasteiger partial charge in [0.25, 0.3) is 5.69 Å². The van der Waals surface area contributed by atoms with Crippen LogP contribution < -0.4 is 0 Å². The van der Waals surface area contributed by atoms with Crippen LogP contribution in [-0.4, -0.2) is 196 Å². The van der Waals surface area contributed by atoms with Crippen molar-refractivity contribution in [1.82, 2.24) is 24.8 Å². The van der Waals surface area contributed by atoms with Crippen LogP contribution in [0.1, 0.15) is 125 Å². The number of carbonyl (C=O) groups is 1. The highest BCUT2D eigenvalue weighted by Gasteiger charge is 2.55. The molecule has 0 spiro atoms. The van der Waals surface area contributed by atoms with Crippen molar-refractivity contribution in [3.05, 3.63) is 51.8 Å². The molecule has 0 aliphatic carbocycles. The quantitative estimate of drug-likeness (QED) is 0.0767. The van der Waals surface area contributed by atoms with Crippen molar-refractivity contribution in [3.63, 3.8) is 0 Å². The van der Waals surface area contributed by atoms with E-state index in [0.717, 1.165) is 0 Å². The molecule has 21 nitrogen and oxygen atoms in total. The van der Waals surface area contributed by atoms with Crippen LogP contribution in [-0.2, 0) is 34.9 Å². The lowest BCUT2D eigenvalue weighted by Crippen LogP contribution is -2.62. The van der Waals surface area contributed by atoms with E-state index in [0.29, 0.717) is 43.6 Å². The second-order valence-electron chi connectivity index (χ2n) is 22.1. The van der Waals surface area contributed by atoms with Gasteiger partial charge in [-0.15, -0.1) is 5.10 Å². The number of carbonyl (C=O) groups excluding carboxylic acids is 1. The van der Waals surface area contributed by atoms with Crippen LogP contribution in [0.5, 0.6) is 0 Å². The Hall–Kier alpha value is -3.29. The largest absolute Gasteiger partial charge is 0.459 e. The molecule has 1 aromatic heterocycles. The van der Waals surface area contributed by atoms with Gasteiger partial charge in [-0.25, -0.2) is 4.68 Å². The lowest BCUT2D eigenvalue weighted by Gasteiger charge is -2.51. The van der Waals surface area contributed by atoms with Crippen molar-refractivity contribution in [2.75, 3.05) is 40.9 Å². The number of esters is 1. The maximum atomic E-state index is 14.6. The topological polar surface area (TPSA) is 285 Å². The average molecular weight is 1020 g/mol. The number of aromatic nitrogens is 3. The van der Waals surface area contributed by atoms with E-state index in [1.54, 1.807) is 47.7 Å². The zero-order chi connectivity index (χ0) is 53.8. The standard InChI is InChI=1S/C51H86N6O15/c1-14-40-51(10,65)44(61)32(6)55(12)25-28(2)23-49(8,64)46(30(4)41(31(5)47(63)71-40)39-24-50(9,68-13)45(62)33(7)70-39)72-48-43(60)37(22-29(3)69-48)54(11)21-15-16-35-26-56(53-52-35)38(27-58)42(59)34-17-19-36(20-18-34)57(66)67/h17-20,26,28-33,37-46,48,58-62,64-65H,14-16,21-25,27H2,1-13H3/t28-,29-,30+,31-,32-,33+,37+,38-,39-,40-,41?,42-,43-,44-,45+,46-,48+,49-,50-,51-/m1/s1. The number of methoxy groups -OCH3 is 1.